The lowest BCUT2D eigenvalue weighted by Gasteiger charge is -2.35. The normalized spacial score (nSPS) is 20.1. The number of hydrogen-bond acceptors (Lipinski definition) is 5. The highest BCUT2D eigenvalue weighted by Gasteiger charge is 2.45. The number of carboxylic acid groups (broad SMARTS) is 1. The fourth-order valence-electron chi connectivity index (χ4n) is 6.05. The van der Waals surface area contributed by atoms with Crippen molar-refractivity contribution >= 4 is 5.97 Å². The van der Waals surface area contributed by atoms with Crippen molar-refractivity contribution in [1.82, 2.24) is 15.5 Å². The van der Waals surface area contributed by atoms with Crippen LogP contribution >= 0.6 is 0 Å². The molecule has 1 unspecified atom stereocenters. The average molecular weight is 602 g/mol. The second kappa shape index (κ2) is 10.5. The molecule has 1 saturated carbocycles. The van der Waals surface area contributed by atoms with E-state index in [0.29, 0.717) is 35.9 Å². The molecule has 224 valence electrons. The molecule has 1 heterocycles. The van der Waals surface area contributed by atoms with Crippen LogP contribution in [0.5, 0.6) is 0 Å². The number of aryl methyl sites for hydroxylation is 2. The SMILES string of the molecule is Cc1cc(-c2nc(-c3ccc4c(c3)CCC4NC3CC(C(=O)O)C3)no2)ccc1-c1cccc(C(F)(F)F)c1C(F)(F)F. The van der Waals surface area contributed by atoms with E-state index in [1.165, 1.54) is 25.1 Å². The number of carboxylic acids is 1. The molecule has 0 amide bonds. The van der Waals surface area contributed by atoms with Gasteiger partial charge in [-0.1, -0.05) is 35.5 Å². The molecule has 12 heteroatoms. The Morgan fingerprint density at radius 3 is 2.37 bits per heavy atom. The van der Waals surface area contributed by atoms with Crippen molar-refractivity contribution in [2.75, 3.05) is 0 Å². The predicted octanol–water partition coefficient (Wildman–Crippen LogP) is 7.86. The Labute approximate surface area is 241 Å². The lowest BCUT2D eigenvalue weighted by Crippen LogP contribution is -2.45. The van der Waals surface area contributed by atoms with E-state index in [4.69, 9.17) is 9.63 Å². The van der Waals surface area contributed by atoms with Gasteiger partial charge in [-0.2, -0.15) is 31.3 Å². The largest absolute Gasteiger partial charge is 0.481 e. The molecule has 0 aliphatic heterocycles. The maximum atomic E-state index is 13.8. The molecule has 1 fully saturated rings. The van der Waals surface area contributed by atoms with Gasteiger partial charge >= 0.3 is 18.3 Å². The van der Waals surface area contributed by atoms with Crippen LogP contribution in [-0.2, 0) is 23.6 Å². The van der Waals surface area contributed by atoms with Gasteiger partial charge in [-0.3, -0.25) is 4.79 Å². The molecule has 43 heavy (non-hydrogen) atoms. The Morgan fingerprint density at radius 2 is 1.70 bits per heavy atom. The van der Waals surface area contributed by atoms with E-state index in [1.807, 2.05) is 18.2 Å². The Hall–Kier alpha value is -4.19. The molecule has 2 N–H and O–H groups in total. The summed E-state index contributed by atoms with van der Waals surface area (Å²) >= 11 is 0. The fourth-order valence-corrected chi connectivity index (χ4v) is 6.05. The first-order valence-electron chi connectivity index (χ1n) is 13.6. The van der Waals surface area contributed by atoms with E-state index >= 15 is 0 Å². The van der Waals surface area contributed by atoms with E-state index in [-0.39, 0.29) is 29.5 Å². The van der Waals surface area contributed by atoms with E-state index < -0.39 is 35.0 Å². The first-order chi connectivity index (χ1) is 20.3. The summed E-state index contributed by atoms with van der Waals surface area (Å²) in [6.07, 6.45) is -7.44. The van der Waals surface area contributed by atoms with Crippen molar-refractivity contribution in [3.8, 4) is 34.0 Å². The van der Waals surface area contributed by atoms with Crippen molar-refractivity contribution in [1.29, 1.82) is 0 Å². The third kappa shape index (κ3) is 5.51. The van der Waals surface area contributed by atoms with Crippen molar-refractivity contribution in [2.24, 2.45) is 5.92 Å². The van der Waals surface area contributed by atoms with Crippen LogP contribution in [-0.4, -0.2) is 27.3 Å². The van der Waals surface area contributed by atoms with Gasteiger partial charge in [0.05, 0.1) is 17.0 Å². The lowest BCUT2D eigenvalue weighted by molar-refractivity contribution is -0.161. The summed E-state index contributed by atoms with van der Waals surface area (Å²) in [4.78, 5) is 15.5. The number of nitrogens with one attached hydrogen (secondary N) is 1. The zero-order valence-electron chi connectivity index (χ0n) is 22.7. The lowest BCUT2D eigenvalue weighted by atomic mass is 9.80. The van der Waals surface area contributed by atoms with Gasteiger partial charge in [-0.05, 0) is 84.7 Å². The quantitative estimate of drug-likeness (QED) is 0.219. The van der Waals surface area contributed by atoms with Crippen LogP contribution in [0.4, 0.5) is 26.3 Å². The van der Waals surface area contributed by atoms with Gasteiger partial charge in [0.25, 0.3) is 5.89 Å². The molecule has 2 aliphatic carbocycles. The Morgan fingerprint density at radius 1 is 0.953 bits per heavy atom. The van der Waals surface area contributed by atoms with Crippen LogP contribution < -0.4 is 5.32 Å². The first-order valence-corrected chi connectivity index (χ1v) is 13.6. The van der Waals surface area contributed by atoms with Gasteiger partial charge in [-0.25, -0.2) is 0 Å². The number of alkyl halides is 6. The van der Waals surface area contributed by atoms with Crippen molar-refractivity contribution < 1.29 is 40.8 Å². The zero-order chi connectivity index (χ0) is 30.7. The Kier molecular flexibility index (Phi) is 7.07. The van der Waals surface area contributed by atoms with E-state index in [0.717, 1.165) is 41.7 Å². The molecular formula is C31H25F6N3O3. The number of carbonyl (C=O) groups is 1. The molecular weight excluding hydrogens is 576 g/mol. The van der Waals surface area contributed by atoms with Crippen molar-refractivity contribution in [3.05, 3.63) is 82.4 Å². The fraction of sp³-hybridized carbons (Fsp3) is 0.323. The summed E-state index contributed by atoms with van der Waals surface area (Å²) in [5, 5.41) is 16.7. The number of aromatic nitrogens is 2. The first kappa shape index (κ1) is 28.9. The molecule has 4 aromatic rings. The van der Waals surface area contributed by atoms with Crippen LogP contribution in [0.15, 0.2) is 59.1 Å². The minimum atomic E-state index is -5.22. The summed E-state index contributed by atoms with van der Waals surface area (Å²) in [7, 11) is 0. The second-order valence-corrected chi connectivity index (χ2v) is 11.1. The molecule has 1 aromatic heterocycles. The molecule has 1 atom stereocenters. The van der Waals surface area contributed by atoms with E-state index in [1.54, 1.807) is 0 Å². The zero-order valence-corrected chi connectivity index (χ0v) is 22.7. The summed E-state index contributed by atoms with van der Waals surface area (Å²) in [5.41, 5.74) is -0.339. The van der Waals surface area contributed by atoms with Crippen LogP contribution in [0.1, 0.15) is 53.1 Å². The topological polar surface area (TPSA) is 88.2 Å². The van der Waals surface area contributed by atoms with Crippen LogP contribution in [0.2, 0.25) is 0 Å². The van der Waals surface area contributed by atoms with Crippen LogP contribution in [0, 0.1) is 12.8 Å². The highest BCUT2D eigenvalue weighted by molar-refractivity contribution is 5.75. The monoisotopic (exact) mass is 601 g/mol. The minimum Gasteiger partial charge on any atom is -0.481 e. The van der Waals surface area contributed by atoms with E-state index in [2.05, 4.69) is 15.5 Å². The van der Waals surface area contributed by atoms with Gasteiger partial charge < -0.3 is 14.9 Å². The van der Waals surface area contributed by atoms with Gasteiger partial charge in [-0.15, -0.1) is 0 Å². The van der Waals surface area contributed by atoms with Crippen molar-refractivity contribution in [2.45, 2.75) is 57.0 Å². The summed E-state index contributed by atoms with van der Waals surface area (Å²) in [6.45, 7) is 1.51. The van der Waals surface area contributed by atoms with Crippen LogP contribution in [0.25, 0.3) is 34.0 Å². The van der Waals surface area contributed by atoms with Gasteiger partial charge in [0, 0.05) is 23.2 Å². The number of benzene rings is 3. The molecule has 2 aliphatic rings. The summed E-state index contributed by atoms with van der Waals surface area (Å²) in [6, 6.07) is 12.8. The summed E-state index contributed by atoms with van der Waals surface area (Å²) < 4.78 is 87.3. The average Bonchev–Trinajstić information content (AvgIpc) is 3.56. The maximum Gasteiger partial charge on any atom is 0.417 e. The smallest absolute Gasteiger partial charge is 0.417 e. The molecule has 3 aromatic carbocycles. The maximum absolute atomic E-state index is 13.8. The standard InChI is InChI=1S/C31H25F6N3O3/c1-15-11-18(6-8-21(15)23-3-2-4-24(30(32,33)34)26(23)31(35,36)37)28-39-27(40-43-28)17-5-9-22-16(12-17)7-10-25(22)38-20-13-19(14-20)29(41)42/h2-6,8-9,11-12,19-20,25,38H,7,10,13-14H2,1H3,(H,41,42). The van der Waals surface area contributed by atoms with Crippen LogP contribution in [0.3, 0.4) is 0 Å². The number of fused-ring (bicyclic) bond motifs is 1. The molecule has 0 spiro atoms. The molecule has 0 saturated heterocycles. The van der Waals surface area contributed by atoms with Crippen molar-refractivity contribution in [3.63, 3.8) is 0 Å². The molecule has 6 rings (SSSR count). The minimum absolute atomic E-state index is 0.00378. The number of aliphatic carboxylic acids is 1. The molecule has 6 nitrogen and oxygen atoms in total. The highest BCUT2D eigenvalue weighted by atomic mass is 19.4. The molecule has 0 radical (unpaired) electrons. The van der Waals surface area contributed by atoms with Gasteiger partial charge in [0.2, 0.25) is 5.82 Å². The Bertz CT molecular complexity index is 1710. The number of halogens is 6. The third-order valence-electron chi connectivity index (χ3n) is 8.25. The molecule has 0 bridgehead atoms. The Balaban J connectivity index is 1.23. The number of nitrogens with zero attached hydrogens (tertiary/aromatic N) is 2. The third-order valence-corrected chi connectivity index (χ3v) is 8.25. The van der Waals surface area contributed by atoms with E-state index in [9.17, 15) is 31.1 Å². The van der Waals surface area contributed by atoms with Gasteiger partial charge in [0.1, 0.15) is 0 Å². The van der Waals surface area contributed by atoms with Gasteiger partial charge in [0.15, 0.2) is 0 Å². The predicted molar refractivity (Wildman–Crippen MR) is 144 cm³/mol. The number of hydrogen-bond donors (Lipinski definition) is 2. The number of rotatable bonds is 6. The second-order valence-electron chi connectivity index (χ2n) is 11.1. The highest BCUT2D eigenvalue weighted by Crippen LogP contribution is 2.46. The summed E-state index contributed by atoms with van der Waals surface area (Å²) in [5.74, 6) is -0.614.